The Labute approximate surface area is 151 Å². The van der Waals surface area contributed by atoms with Gasteiger partial charge in [-0.2, -0.15) is 5.10 Å². The summed E-state index contributed by atoms with van der Waals surface area (Å²) in [5.74, 6) is -0.617. The maximum atomic E-state index is 12.3. The van der Waals surface area contributed by atoms with Crippen LogP contribution in [0.15, 0.2) is 41.5 Å². The highest BCUT2D eigenvalue weighted by molar-refractivity contribution is 7.13. The van der Waals surface area contributed by atoms with Crippen LogP contribution in [0.2, 0.25) is 0 Å². The summed E-state index contributed by atoms with van der Waals surface area (Å²) in [4.78, 5) is 28.4. The van der Waals surface area contributed by atoms with Crippen molar-refractivity contribution in [2.75, 3.05) is 11.4 Å². The number of thiophene rings is 1. The summed E-state index contributed by atoms with van der Waals surface area (Å²) in [6.07, 6.45) is 2.81. The number of carbonyl (C=O) groups excluding carboxylic acids is 2. The predicted molar refractivity (Wildman–Crippen MR) is 101 cm³/mol. The van der Waals surface area contributed by atoms with E-state index in [4.69, 9.17) is 0 Å². The molecule has 2 aromatic rings. The second-order valence-electron chi connectivity index (χ2n) is 6.11. The summed E-state index contributed by atoms with van der Waals surface area (Å²) in [6.45, 7) is 4.50. The largest absolute Gasteiger partial charge is 0.312 e. The van der Waals surface area contributed by atoms with Gasteiger partial charge in [0.15, 0.2) is 0 Å². The van der Waals surface area contributed by atoms with E-state index in [2.05, 4.69) is 17.5 Å². The SMILES string of the molecule is CCc1ccc(N2C[C@H](C(=O)N/N=C\c3ccc(C)s3)CC2=O)cc1. The summed E-state index contributed by atoms with van der Waals surface area (Å²) < 4.78 is 0. The first-order valence-electron chi connectivity index (χ1n) is 8.35. The van der Waals surface area contributed by atoms with E-state index in [0.717, 1.165) is 17.0 Å². The van der Waals surface area contributed by atoms with E-state index >= 15 is 0 Å². The van der Waals surface area contributed by atoms with Crippen molar-refractivity contribution < 1.29 is 9.59 Å². The van der Waals surface area contributed by atoms with Gasteiger partial charge in [-0.15, -0.1) is 11.3 Å². The van der Waals surface area contributed by atoms with E-state index in [-0.39, 0.29) is 24.2 Å². The molecule has 0 unspecified atom stereocenters. The average Bonchev–Trinajstić information content (AvgIpc) is 3.20. The zero-order valence-corrected chi connectivity index (χ0v) is 15.2. The van der Waals surface area contributed by atoms with Crippen molar-refractivity contribution in [3.05, 3.63) is 51.7 Å². The molecule has 0 radical (unpaired) electrons. The molecule has 1 fully saturated rings. The smallest absolute Gasteiger partial charge is 0.245 e. The third-order valence-electron chi connectivity index (χ3n) is 4.28. The number of carbonyl (C=O) groups is 2. The summed E-state index contributed by atoms with van der Waals surface area (Å²) in [6, 6.07) is 11.9. The minimum Gasteiger partial charge on any atom is -0.312 e. The lowest BCUT2D eigenvalue weighted by Gasteiger charge is -2.16. The van der Waals surface area contributed by atoms with E-state index < -0.39 is 0 Å². The highest BCUT2D eigenvalue weighted by Gasteiger charge is 2.35. The maximum absolute atomic E-state index is 12.3. The van der Waals surface area contributed by atoms with Gasteiger partial charge in [0.1, 0.15) is 0 Å². The predicted octanol–water partition coefficient (Wildman–Crippen LogP) is 3.12. The summed E-state index contributed by atoms with van der Waals surface area (Å²) in [5.41, 5.74) is 4.62. The van der Waals surface area contributed by atoms with Crippen LogP contribution in [0.4, 0.5) is 5.69 Å². The summed E-state index contributed by atoms with van der Waals surface area (Å²) in [5, 5.41) is 4.00. The van der Waals surface area contributed by atoms with Crippen molar-refractivity contribution >= 4 is 35.1 Å². The molecule has 5 nitrogen and oxygen atoms in total. The molecule has 1 aromatic heterocycles. The number of hydrogen-bond acceptors (Lipinski definition) is 4. The lowest BCUT2D eigenvalue weighted by atomic mass is 10.1. The maximum Gasteiger partial charge on any atom is 0.245 e. The average molecular weight is 355 g/mol. The molecule has 1 saturated heterocycles. The van der Waals surface area contributed by atoms with Crippen LogP contribution in [0.5, 0.6) is 0 Å². The fourth-order valence-electron chi connectivity index (χ4n) is 2.82. The fraction of sp³-hybridized carbons (Fsp3) is 0.316. The molecule has 1 atom stereocenters. The Balaban J connectivity index is 1.59. The third kappa shape index (κ3) is 4.14. The van der Waals surface area contributed by atoms with Crippen LogP contribution in [-0.2, 0) is 16.0 Å². The van der Waals surface area contributed by atoms with Gasteiger partial charge in [-0.25, -0.2) is 5.43 Å². The Bertz CT molecular complexity index is 795. The van der Waals surface area contributed by atoms with Crippen molar-refractivity contribution in [3.63, 3.8) is 0 Å². The number of amides is 2. The number of anilines is 1. The Morgan fingerprint density at radius 2 is 2.08 bits per heavy atom. The molecule has 0 aliphatic carbocycles. The molecule has 25 heavy (non-hydrogen) atoms. The first-order valence-corrected chi connectivity index (χ1v) is 9.17. The highest BCUT2D eigenvalue weighted by atomic mass is 32.1. The number of hydrogen-bond donors (Lipinski definition) is 1. The molecule has 130 valence electrons. The van der Waals surface area contributed by atoms with Gasteiger partial charge in [0, 0.05) is 28.4 Å². The molecule has 1 aliphatic heterocycles. The van der Waals surface area contributed by atoms with E-state index in [1.165, 1.54) is 10.4 Å². The minimum atomic E-state index is -0.374. The Hall–Kier alpha value is -2.47. The van der Waals surface area contributed by atoms with Crippen LogP contribution in [0.1, 0.15) is 28.7 Å². The first-order chi connectivity index (χ1) is 12.1. The Kier molecular flexibility index (Phi) is 5.28. The van der Waals surface area contributed by atoms with Gasteiger partial charge in [0.2, 0.25) is 11.8 Å². The molecule has 6 heteroatoms. The molecular weight excluding hydrogens is 334 g/mol. The van der Waals surface area contributed by atoms with Crippen molar-refractivity contribution in [2.45, 2.75) is 26.7 Å². The van der Waals surface area contributed by atoms with Gasteiger partial charge in [0.25, 0.3) is 0 Å². The zero-order valence-electron chi connectivity index (χ0n) is 14.4. The summed E-state index contributed by atoms with van der Waals surface area (Å²) in [7, 11) is 0. The highest BCUT2D eigenvalue weighted by Crippen LogP contribution is 2.25. The molecule has 0 spiro atoms. The topological polar surface area (TPSA) is 61.8 Å². The number of aryl methyl sites for hydroxylation is 2. The number of nitrogens with zero attached hydrogens (tertiary/aromatic N) is 2. The first kappa shape index (κ1) is 17.4. The van der Waals surface area contributed by atoms with Crippen LogP contribution >= 0.6 is 11.3 Å². The van der Waals surface area contributed by atoms with Gasteiger partial charge in [0.05, 0.1) is 12.1 Å². The Morgan fingerprint density at radius 1 is 1.32 bits per heavy atom. The van der Waals surface area contributed by atoms with E-state index in [9.17, 15) is 9.59 Å². The van der Waals surface area contributed by atoms with Gasteiger partial charge in [-0.05, 0) is 43.2 Å². The van der Waals surface area contributed by atoms with Crippen molar-refractivity contribution in [2.24, 2.45) is 11.0 Å². The van der Waals surface area contributed by atoms with Gasteiger partial charge < -0.3 is 4.90 Å². The van der Waals surface area contributed by atoms with Gasteiger partial charge >= 0.3 is 0 Å². The molecule has 0 saturated carbocycles. The number of benzene rings is 1. The lowest BCUT2D eigenvalue weighted by Crippen LogP contribution is -2.30. The number of nitrogens with one attached hydrogen (secondary N) is 1. The standard InChI is InChI=1S/C19H21N3O2S/c1-3-14-5-7-16(8-6-14)22-12-15(10-18(22)23)19(24)21-20-11-17-9-4-13(2)25-17/h4-9,11,15H,3,10,12H2,1-2H3,(H,21,24)/b20-11-/t15-/m1/s1. The molecule has 3 rings (SSSR count). The zero-order chi connectivity index (χ0) is 17.8. The summed E-state index contributed by atoms with van der Waals surface area (Å²) >= 11 is 1.61. The van der Waals surface area contributed by atoms with Crippen LogP contribution in [0.3, 0.4) is 0 Å². The van der Waals surface area contributed by atoms with Crippen molar-refractivity contribution in [1.82, 2.24) is 5.43 Å². The quantitative estimate of drug-likeness (QED) is 0.662. The number of hydrazone groups is 1. The molecule has 2 heterocycles. The van der Waals surface area contributed by atoms with Crippen molar-refractivity contribution in [1.29, 1.82) is 0 Å². The molecule has 1 aliphatic rings. The van der Waals surface area contributed by atoms with E-state index in [1.807, 2.05) is 43.3 Å². The molecule has 1 aromatic carbocycles. The van der Waals surface area contributed by atoms with Crippen molar-refractivity contribution in [3.8, 4) is 0 Å². The normalized spacial score (nSPS) is 17.4. The minimum absolute atomic E-state index is 0.0257. The lowest BCUT2D eigenvalue weighted by molar-refractivity contribution is -0.126. The number of rotatable bonds is 5. The third-order valence-corrected chi connectivity index (χ3v) is 5.22. The van der Waals surface area contributed by atoms with Gasteiger partial charge in [-0.1, -0.05) is 19.1 Å². The van der Waals surface area contributed by atoms with Gasteiger partial charge in [-0.3, -0.25) is 9.59 Å². The molecule has 1 N–H and O–H groups in total. The molecular formula is C19H21N3O2S. The van der Waals surface area contributed by atoms with Crippen LogP contribution in [-0.4, -0.2) is 24.6 Å². The second kappa shape index (κ2) is 7.61. The second-order valence-corrected chi connectivity index (χ2v) is 7.43. The van der Waals surface area contributed by atoms with Crippen LogP contribution in [0.25, 0.3) is 0 Å². The monoisotopic (exact) mass is 355 g/mol. The van der Waals surface area contributed by atoms with E-state index in [1.54, 1.807) is 22.5 Å². The molecule has 2 amide bonds. The fourth-order valence-corrected chi connectivity index (χ4v) is 3.57. The Morgan fingerprint density at radius 3 is 2.72 bits per heavy atom. The molecule has 0 bridgehead atoms. The van der Waals surface area contributed by atoms with E-state index in [0.29, 0.717) is 6.54 Å². The van der Waals surface area contributed by atoms with Crippen LogP contribution < -0.4 is 10.3 Å². The van der Waals surface area contributed by atoms with Crippen LogP contribution in [0, 0.1) is 12.8 Å².